The number of alkyl halides is 1. The minimum atomic E-state index is -0.532. The summed E-state index contributed by atoms with van der Waals surface area (Å²) in [5.41, 5.74) is 11.5. The van der Waals surface area contributed by atoms with E-state index >= 15 is 0 Å². The van der Waals surface area contributed by atoms with Gasteiger partial charge in [0.25, 0.3) is 0 Å². The highest BCUT2D eigenvalue weighted by Crippen LogP contribution is 2.47. The van der Waals surface area contributed by atoms with Crippen molar-refractivity contribution in [2.24, 2.45) is 23.7 Å². The smallest absolute Gasteiger partial charge is 0.233 e. The minimum absolute atomic E-state index is 0. The SMILES string of the molecule is Cc1cc(C)cc(-c2[nH]c3sc(C(C)(C)C(=O)N4C5CCC4CC5)cc3c2CCCl)c1.Cc1cc(C)cc(-c2[nH]c3sc(C(C)(C)C(=O)N4C5CCC4CC5)cc3c2CN2CCC(CNC(=O)C3CCC3)CC2)c1.Cl.O=C(NCC1CCNCC1)C1CCC1. The number of thiophene rings is 2. The third-order valence-electron chi connectivity index (χ3n) is 21.9. The van der Waals surface area contributed by atoms with Crippen LogP contribution in [-0.2, 0) is 43.0 Å². The molecule has 8 fully saturated rings. The first-order chi connectivity index (χ1) is 42.3. The van der Waals surface area contributed by atoms with E-state index in [0.29, 0.717) is 65.5 Å². The van der Waals surface area contributed by atoms with Gasteiger partial charge in [-0.2, -0.15) is 0 Å². The number of aromatic nitrogens is 2. The lowest BCUT2D eigenvalue weighted by Gasteiger charge is -2.33. The second kappa shape index (κ2) is 27.9. The van der Waals surface area contributed by atoms with Crippen molar-refractivity contribution >= 4 is 90.7 Å². The summed E-state index contributed by atoms with van der Waals surface area (Å²) in [6.07, 6.45) is 21.7. The van der Waals surface area contributed by atoms with Gasteiger partial charge in [-0.3, -0.25) is 24.1 Å². The zero-order chi connectivity index (χ0) is 61.6. The van der Waals surface area contributed by atoms with Crippen LogP contribution >= 0.6 is 46.7 Å². The fourth-order valence-corrected chi connectivity index (χ4v) is 18.6. The van der Waals surface area contributed by atoms with Crippen molar-refractivity contribution < 1.29 is 19.2 Å². The maximum Gasteiger partial charge on any atom is 0.233 e. The highest BCUT2D eigenvalue weighted by Gasteiger charge is 2.49. The minimum Gasteiger partial charge on any atom is -0.356 e. The molecule has 4 bridgehead atoms. The number of rotatable bonds is 16. The summed E-state index contributed by atoms with van der Waals surface area (Å²) in [4.78, 5) is 70.7. The summed E-state index contributed by atoms with van der Waals surface area (Å²) < 4.78 is 0. The Hall–Kier alpha value is -4.70. The van der Waals surface area contributed by atoms with Gasteiger partial charge < -0.3 is 35.7 Å². The highest BCUT2D eigenvalue weighted by molar-refractivity contribution is 7.19. The number of benzene rings is 2. The van der Waals surface area contributed by atoms with Crippen LogP contribution in [0.1, 0.15) is 186 Å². The number of H-pyrrole nitrogens is 2. The molecule has 0 atom stereocenters. The molecular formula is C73H100Cl2N8O4S2. The van der Waals surface area contributed by atoms with E-state index in [2.05, 4.69) is 145 Å². The molecule has 482 valence electrons. The van der Waals surface area contributed by atoms with Gasteiger partial charge in [0.05, 0.1) is 22.2 Å². The van der Waals surface area contributed by atoms with Gasteiger partial charge in [-0.25, -0.2) is 0 Å². The van der Waals surface area contributed by atoms with Crippen molar-refractivity contribution in [1.29, 1.82) is 0 Å². The maximum atomic E-state index is 14.0. The Bertz CT molecular complexity index is 3420. The van der Waals surface area contributed by atoms with Crippen LogP contribution in [0.3, 0.4) is 0 Å². The Labute approximate surface area is 549 Å². The number of piperidine rings is 2. The maximum absolute atomic E-state index is 14.0. The molecule has 2 saturated carbocycles. The lowest BCUT2D eigenvalue weighted by atomic mass is 9.84. The first-order valence-electron chi connectivity index (χ1n) is 34.0. The van der Waals surface area contributed by atoms with E-state index in [1.165, 1.54) is 153 Å². The standard InChI is InChI=1S/C36H48N4O2S.C26H31ClN2OS.C11H20N2O.ClH/c1-22-16-23(2)18-26(17-22)32-30(21-39-14-12-24(13-15-39)20-37-33(41)25-6-5-7-25)29-19-31(43-34(29)38-32)36(3,4)35(42)40-27-8-9-28(40)11-10-27;1-15-11-16(2)13-17(12-15)23-20(9-10-27)21-14-22(31-24(21)28-23)26(3,4)25(30)29-18-5-6-19(29)8-7-18;14-11(10-2-1-3-10)13-8-9-4-6-12-7-5-9;/h16-19,24-25,27-28,38H,5-15,20-21H2,1-4H3,(H,37,41);11-14,18-19,28H,5-10H2,1-4H3;9-10,12H,1-8H2,(H,13,14);1H. The van der Waals surface area contributed by atoms with Crippen molar-refractivity contribution in [2.75, 3.05) is 45.1 Å². The molecule has 8 aliphatic rings. The van der Waals surface area contributed by atoms with Crippen LogP contribution in [0.25, 0.3) is 42.9 Å². The van der Waals surface area contributed by atoms with E-state index in [0.717, 1.165) is 100 Å². The van der Waals surface area contributed by atoms with Crippen molar-refractivity contribution in [3.8, 4) is 22.5 Å². The third-order valence-corrected chi connectivity index (χ3v) is 24.8. The lowest BCUT2D eigenvalue weighted by Crippen LogP contribution is -2.45. The van der Waals surface area contributed by atoms with E-state index in [9.17, 15) is 19.2 Å². The Balaban J connectivity index is 0.000000154. The van der Waals surface area contributed by atoms with Crippen LogP contribution in [-0.4, -0.2) is 118 Å². The molecule has 4 aromatic heterocycles. The summed E-state index contributed by atoms with van der Waals surface area (Å²) in [5.74, 6) is 3.64. The van der Waals surface area contributed by atoms with Gasteiger partial charge in [0, 0.05) is 87.6 Å². The summed E-state index contributed by atoms with van der Waals surface area (Å²) in [7, 11) is 0. The summed E-state index contributed by atoms with van der Waals surface area (Å²) in [5, 5.41) is 12.2. The number of carbonyl (C=O) groups excluding carboxylic acids is 4. The summed E-state index contributed by atoms with van der Waals surface area (Å²) in [6.45, 7) is 24.0. The van der Waals surface area contributed by atoms with Crippen LogP contribution in [0.2, 0.25) is 0 Å². The molecule has 10 heterocycles. The van der Waals surface area contributed by atoms with Crippen LogP contribution in [0.5, 0.6) is 0 Å². The number of nitrogens with one attached hydrogen (secondary N) is 5. The molecule has 2 aliphatic carbocycles. The number of hydrogen-bond donors (Lipinski definition) is 5. The number of nitrogens with zero attached hydrogens (tertiary/aromatic N) is 3. The first kappa shape index (κ1) is 65.8. The quantitative estimate of drug-likeness (QED) is 0.0610. The summed E-state index contributed by atoms with van der Waals surface area (Å²) in [6, 6.07) is 19.9. The van der Waals surface area contributed by atoms with E-state index in [1.807, 2.05) is 0 Å². The van der Waals surface area contributed by atoms with Gasteiger partial charge in [-0.15, -0.1) is 46.7 Å². The number of amides is 4. The lowest BCUT2D eigenvalue weighted by molar-refractivity contribution is -0.138. The van der Waals surface area contributed by atoms with Crippen molar-refractivity contribution in [3.05, 3.63) is 91.7 Å². The average Bonchev–Trinajstić information content (AvgIpc) is 1.61. The van der Waals surface area contributed by atoms with Gasteiger partial charge in [0.15, 0.2) is 0 Å². The van der Waals surface area contributed by atoms with Crippen molar-refractivity contribution in [1.82, 2.24) is 40.6 Å². The topological polar surface area (TPSA) is 146 Å². The van der Waals surface area contributed by atoms with Crippen LogP contribution in [0.4, 0.5) is 0 Å². The Morgan fingerprint density at radius 1 is 0.528 bits per heavy atom. The molecule has 16 heteroatoms. The van der Waals surface area contributed by atoms with Gasteiger partial charge in [0.1, 0.15) is 9.66 Å². The number of aryl methyl sites for hydroxylation is 5. The summed E-state index contributed by atoms with van der Waals surface area (Å²) >= 11 is 9.72. The Morgan fingerprint density at radius 2 is 0.910 bits per heavy atom. The highest BCUT2D eigenvalue weighted by atomic mass is 35.5. The zero-order valence-electron chi connectivity index (χ0n) is 54.4. The predicted octanol–water partition coefficient (Wildman–Crippen LogP) is 15.1. The Kier molecular flexibility index (Phi) is 20.6. The van der Waals surface area contributed by atoms with E-state index in [1.54, 1.807) is 22.7 Å². The number of fused-ring (bicyclic) bond motifs is 6. The van der Waals surface area contributed by atoms with Crippen molar-refractivity contribution in [3.63, 3.8) is 0 Å². The second-order valence-corrected chi connectivity index (χ2v) is 31.6. The van der Waals surface area contributed by atoms with Crippen LogP contribution in [0, 0.1) is 51.4 Å². The van der Waals surface area contributed by atoms with E-state index < -0.39 is 10.8 Å². The Morgan fingerprint density at radius 3 is 1.29 bits per heavy atom. The average molecular weight is 1290 g/mol. The third kappa shape index (κ3) is 14.0. The molecular weight excluding hydrogens is 1190 g/mol. The number of carbonyl (C=O) groups is 4. The van der Waals surface area contributed by atoms with Gasteiger partial charge in [-0.05, 0) is 256 Å². The second-order valence-electron chi connectivity index (χ2n) is 29.1. The number of aromatic amines is 2. The molecule has 4 amide bonds. The van der Waals surface area contributed by atoms with Gasteiger partial charge >= 0.3 is 0 Å². The fourth-order valence-electron chi connectivity index (χ4n) is 16.1. The van der Waals surface area contributed by atoms with Gasteiger partial charge in [-0.1, -0.05) is 47.2 Å². The zero-order valence-corrected chi connectivity index (χ0v) is 57.6. The molecule has 6 aliphatic heterocycles. The fraction of sp³-hybridized carbons (Fsp3) is 0.616. The molecule has 89 heavy (non-hydrogen) atoms. The molecule has 2 aromatic carbocycles. The first-order valence-corrected chi connectivity index (χ1v) is 36.2. The molecule has 0 unspecified atom stereocenters. The van der Waals surface area contributed by atoms with Gasteiger partial charge in [0.2, 0.25) is 23.6 Å². The molecule has 0 radical (unpaired) electrons. The number of halogens is 2. The molecule has 6 saturated heterocycles. The van der Waals surface area contributed by atoms with Crippen molar-refractivity contribution in [2.45, 2.75) is 219 Å². The monoisotopic (exact) mass is 1290 g/mol. The molecule has 14 rings (SSSR count). The van der Waals surface area contributed by atoms with Crippen LogP contribution < -0.4 is 16.0 Å². The molecule has 5 N–H and O–H groups in total. The number of hydrogen-bond acceptors (Lipinski definition) is 8. The van der Waals surface area contributed by atoms with E-state index in [4.69, 9.17) is 11.6 Å². The largest absolute Gasteiger partial charge is 0.356 e. The molecule has 6 aromatic rings. The van der Waals surface area contributed by atoms with E-state index in [-0.39, 0.29) is 24.2 Å². The predicted molar refractivity (Wildman–Crippen MR) is 370 cm³/mol. The number of likely N-dealkylation sites (tertiary alicyclic amines) is 1. The van der Waals surface area contributed by atoms with Crippen LogP contribution in [0.15, 0.2) is 48.5 Å². The molecule has 12 nitrogen and oxygen atoms in total. The normalized spacial score (nSPS) is 22.3. The molecule has 0 spiro atoms.